The van der Waals surface area contributed by atoms with Crippen molar-refractivity contribution in [2.75, 3.05) is 5.75 Å². The van der Waals surface area contributed by atoms with Crippen LogP contribution in [0, 0.1) is 11.3 Å². The Bertz CT molecular complexity index is 543. The molecule has 0 radical (unpaired) electrons. The molecule has 10 heteroatoms. The van der Waals surface area contributed by atoms with Crippen molar-refractivity contribution in [2.24, 2.45) is 0 Å². The van der Waals surface area contributed by atoms with E-state index in [0.29, 0.717) is 0 Å². The van der Waals surface area contributed by atoms with Crippen molar-refractivity contribution in [3.8, 4) is 6.07 Å². The third kappa shape index (κ3) is 4.58. The van der Waals surface area contributed by atoms with Crippen LogP contribution < -0.4 is 4.72 Å². The van der Waals surface area contributed by atoms with Crippen LogP contribution >= 0.6 is 0 Å². The van der Waals surface area contributed by atoms with Crippen molar-refractivity contribution in [1.29, 1.82) is 5.26 Å². The van der Waals surface area contributed by atoms with Gasteiger partial charge in [0.1, 0.15) is 6.54 Å². The van der Waals surface area contributed by atoms with Crippen molar-refractivity contribution >= 4 is 16.0 Å². The third-order valence-corrected chi connectivity index (χ3v) is 2.70. The number of nitrogens with one attached hydrogen (secondary N) is 1. The maximum absolute atomic E-state index is 11.1. The highest BCUT2D eigenvalue weighted by molar-refractivity contribution is 7.89. The van der Waals surface area contributed by atoms with E-state index in [4.69, 9.17) is 10.4 Å². The number of hydrogen-bond acceptors (Lipinski definition) is 6. The fourth-order valence-corrected chi connectivity index (χ4v) is 1.60. The summed E-state index contributed by atoms with van der Waals surface area (Å²) in [6, 6.07) is 1.51. The number of aromatic nitrogens is 3. The molecule has 9 nitrogen and oxygen atoms in total. The van der Waals surface area contributed by atoms with Crippen molar-refractivity contribution in [3.05, 3.63) is 11.9 Å². The Morgan fingerprint density at radius 2 is 2.35 bits per heavy atom. The number of carboxylic acids is 1. The van der Waals surface area contributed by atoms with Crippen molar-refractivity contribution in [3.63, 3.8) is 0 Å². The Morgan fingerprint density at radius 3 is 2.94 bits per heavy atom. The fraction of sp³-hybridized carbons (Fsp3) is 0.429. The first-order chi connectivity index (χ1) is 7.93. The van der Waals surface area contributed by atoms with Crippen molar-refractivity contribution < 1.29 is 18.3 Å². The van der Waals surface area contributed by atoms with Crippen LogP contribution in [0.2, 0.25) is 0 Å². The molecular weight excluding hydrogens is 250 g/mol. The maximum atomic E-state index is 11.1. The van der Waals surface area contributed by atoms with E-state index in [0.717, 1.165) is 4.68 Å². The molecule has 0 saturated heterocycles. The lowest BCUT2D eigenvalue weighted by Gasteiger charge is -1.99. The first-order valence-electron chi connectivity index (χ1n) is 4.38. The molecule has 0 aliphatic rings. The second-order valence-electron chi connectivity index (χ2n) is 3.04. The van der Waals surface area contributed by atoms with Crippen LogP contribution in [0.3, 0.4) is 0 Å². The lowest BCUT2D eigenvalue weighted by atomic mass is 10.5. The van der Waals surface area contributed by atoms with E-state index < -0.39 is 21.7 Å². The van der Waals surface area contributed by atoms with Gasteiger partial charge in [-0.1, -0.05) is 5.21 Å². The number of rotatable bonds is 6. The zero-order chi connectivity index (χ0) is 12.9. The highest BCUT2D eigenvalue weighted by Gasteiger charge is 2.10. The topological polar surface area (TPSA) is 138 Å². The van der Waals surface area contributed by atoms with Crippen LogP contribution in [0.4, 0.5) is 0 Å². The minimum Gasteiger partial charge on any atom is -0.480 e. The van der Waals surface area contributed by atoms with E-state index in [1.165, 1.54) is 12.3 Å². The molecule has 92 valence electrons. The molecule has 1 rings (SSSR count). The van der Waals surface area contributed by atoms with Gasteiger partial charge in [-0.2, -0.15) is 5.26 Å². The summed E-state index contributed by atoms with van der Waals surface area (Å²) >= 11 is 0. The van der Waals surface area contributed by atoms with Gasteiger partial charge >= 0.3 is 5.97 Å². The second-order valence-corrected chi connectivity index (χ2v) is 4.85. The zero-order valence-electron chi connectivity index (χ0n) is 8.57. The predicted octanol–water partition coefficient (Wildman–Crippen LogP) is -1.69. The van der Waals surface area contributed by atoms with Gasteiger partial charge in [0.25, 0.3) is 0 Å². The van der Waals surface area contributed by atoms with Crippen LogP contribution in [-0.2, 0) is 27.9 Å². The summed E-state index contributed by atoms with van der Waals surface area (Å²) in [6.45, 7) is -0.485. The molecule has 0 fully saturated rings. The quantitative estimate of drug-likeness (QED) is 0.621. The summed E-state index contributed by atoms with van der Waals surface area (Å²) in [7, 11) is -3.65. The largest absolute Gasteiger partial charge is 0.480 e. The number of hydrogen-bond donors (Lipinski definition) is 2. The fourth-order valence-electron chi connectivity index (χ4n) is 0.955. The van der Waals surface area contributed by atoms with E-state index in [2.05, 4.69) is 15.0 Å². The second kappa shape index (κ2) is 5.37. The number of carboxylic acid groups (broad SMARTS) is 1. The van der Waals surface area contributed by atoms with Gasteiger partial charge in [-0.05, 0) is 0 Å². The average molecular weight is 259 g/mol. The lowest BCUT2D eigenvalue weighted by molar-refractivity contribution is -0.137. The summed E-state index contributed by atoms with van der Waals surface area (Å²) in [5.41, 5.74) is 0.271. The summed E-state index contributed by atoms with van der Waals surface area (Å²) in [5, 5.41) is 23.8. The number of aliphatic carboxylic acids is 1. The van der Waals surface area contributed by atoms with Crippen LogP contribution in [0.1, 0.15) is 5.69 Å². The summed E-state index contributed by atoms with van der Waals surface area (Å²) in [5.74, 6) is -1.72. The molecule has 0 atom stereocenters. The van der Waals surface area contributed by atoms with E-state index in [1.807, 2.05) is 0 Å². The number of nitrogens with zero attached hydrogens (tertiary/aromatic N) is 4. The molecule has 0 unspecified atom stereocenters. The van der Waals surface area contributed by atoms with Gasteiger partial charge in [0.2, 0.25) is 10.0 Å². The van der Waals surface area contributed by atoms with E-state index >= 15 is 0 Å². The molecule has 0 bridgehead atoms. The van der Waals surface area contributed by atoms with Crippen LogP contribution in [-0.4, -0.2) is 40.2 Å². The summed E-state index contributed by atoms with van der Waals surface area (Å²) in [6.07, 6.45) is 1.31. The van der Waals surface area contributed by atoms with E-state index in [9.17, 15) is 13.2 Å². The number of sulfonamides is 1. The molecule has 0 aliphatic carbocycles. The number of carbonyl (C=O) groups is 1. The lowest BCUT2D eigenvalue weighted by Crippen LogP contribution is -2.25. The van der Waals surface area contributed by atoms with Crippen molar-refractivity contribution in [2.45, 2.75) is 13.1 Å². The molecule has 0 aliphatic heterocycles. The van der Waals surface area contributed by atoms with E-state index in [-0.39, 0.29) is 18.8 Å². The van der Waals surface area contributed by atoms with Gasteiger partial charge in [-0.25, -0.2) is 17.8 Å². The Hall–Kier alpha value is -1.99. The van der Waals surface area contributed by atoms with Gasteiger partial charge in [0.15, 0.2) is 5.75 Å². The van der Waals surface area contributed by atoms with Gasteiger partial charge in [0, 0.05) is 0 Å². The summed E-state index contributed by atoms with van der Waals surface area (Å²) < 4.78 is 25.4. The Balaban J connectivity index is 2.56. The molecule has 1 heterocycles. The average Bonchev–Trinajstić information content (AvgIpc) is 2.62. The molecule has 0 saturated carbocycles. The van der Waals surface area contributed by atoms with E-state index in [1.54, 1.807) is 0 Å². The molecule has 17 heavy (non-hydrogen) atoms. The van der Waals surface area contributed by atoms with Crippen LogP contribution in [0.15, 0.2) is 6.20 Å². The molecule has 1 aromatic rings. The summed E-state index contributed by atoms with van der Waals surface area (Å²) in [4.78, 5) is 10.3. The first kappa shape index (κ1) is 13.1. The van der Waals surface area contributed by atoms with Crippen molar-refractivity contribution in [1.82, 2.24) is 19.7 Å². The maximum Gasteiger partial charge on any atom is 0.325 e. The number of nitriles is 1. The molecule has 1 aromatic heterocycles. The smallest absolute Gasteiger partial charge is 0.325 e. The molecule has 0 spiro atoms. The Kier molecular flexibility index (Phi) is 4.13. The zero-order valence-corrected chi connectivity index (χ0v) is 9.38. The SMILES string of the molecule is N#CCS(=O)(=O)NCc1cn(CC(=O)O)nn1. The highest BCUT2D eigenvalue weighted by atomic mass is 32.2. The Morgan fingerprint density at radius 1 is 1.65 bits per heavy atom. The van der Waals surface area contributed by atoms with Gasteiger partial charge < -0.3 is 5.11 Å². The van der Waals surface area contributed by atoms with Crippen LogP contribution in [0.25, 0.3) is 0 Å². The van der Waals surface area contributed by atoms with Gasteiger partial charge in [0.05, 0.1) is 24.5 Å². The first-order valence-corrected chi connectivity index (χ1v) is 6.03. The highest BCUT2D eigenvalue weighted by Crippen LogP contribution is 1.94. The van der Waals surface area contributed by atoms with Gasteiger partial charge in [-0.3, -0.25) is 4.79 Å². The minimum absolute atomic E-state index is 0.135. The monoisotopic (exact) mass is 259 g/mol. The van der Waals surface area contributed by atoms with Gasteiger partial charge in [-0.15, -0.1) is 5.10 Å². The molecular formula is C7H9N5O4S. The molecule has 0 aromatic carbocycles. The normalized spacial score (nSPS) is 11.0. The third-order valence-electron chi connectivity index (χ3n) is 1.61. The Labute approximate surface area is 96.7 Å². The standard InChI is InChI=1S/C7H9N5O4S/c8-1-2-17(15,16)9-3-6-4-12(11-10-6)5-7(13)14/h4,9H,2-3,5H2,(H,13,14). The van der Waals surface area contributed by atoms with Crippen LogP contribution in [0.5, 0.6) is 0 Å². The predicted molar refractivity (Wildman–Crippen MR) is 53.9 cm³/mol. The molecule has 2 N–H and O–H groups in total. The minimum atomic E-state index is -3.65. The molecule has 0 amide bonds.